The van der Waals surface area contributed by atoms with Crippen LogP contribution in [0.2, 0.25) is 5.02 Å². The van der Waals surface area contributed by atoms with Crippen molar-refractivity contribution in [1.29, 1.82) is 0 Å². The van der Waals surface area contributed by atoms with Gasteiger partial charge < -0.3 is 10.6 Å². The standard InChI is InChI=1S/C26H21ClN10O2/c27-20-9-12-23(37-16-28-33-36-37)19(15-20)8-13-24(38)30-22(14-17-4-2-1-3-5-17)26(39)29-21-10-6-18(7-11-21)25-31-34-35-32-25/h1-13,15-16,22H,14H2,(H,29,39)(H,30,38)(H,31,32,34,35)/b13-8+/t22-/m0/s1. The summed E-state index contributed by atoms with van der Waals surface area (Å²) in [6.45, 7) is 0. The molecular weight excluding hydrogens is 520 g/mol. The second-order valence-corrected chi connectivity index (χ2v) is 8.79. The summed E-state index contributed by atoms with van der Waals surface area (Å²) in [6, 6.07) is 20.7. The Balaban J connectivity index is 1.32. The minimum atomic E-state index is -0.846. The third-order valence-electron chi connectivity index (χ3n) is 5.69. The molecule has 0 unspecified atom stereocenters. The number of anilines is 1. The van der Waals surface area contributed by atoms with Crippen LogP contribution in [0.25, 0.3) is 23.2 Å². The zero-order valence-electron chi connectivity index (χ0n) is 20.3. The Morgan fingerprint density at radius 3 is 2.56 bits per heavy atom. The van der Waals surface area contributed by atoms with Crippen LogP contribution in [0.15, 0.2) is 85.2 Å². The Bertz CT molecular complexity index is 1570. The van der Waals surface area contributed by atoms with Crippen molar-refractivity contribution in [3.05, 3.63) is 101 Å². The lowest BCUT2D eigenvalue weighted by Crippen LogP contribution is -2.44. The molecule has 1 atom stereocenters. The largest absolute Gasteiger partial charge is 0.340 e. The van der Waals surface area contributed by atoms with E-state index in [4.69, 9.17) is 11.6 Å². The van der Waals surface area contributed by atoms with Gasteiger partial charge in [0.2, 0.25) is 11.8 Å². The molecule has 0 saturated carbocycles. The van der Waals surface area contributed by atoms with Crippen LogP contribution in [-0.4, -0.2) is 58.7 Å². The van der Waals surface area contributed by atoms with Gasteiger partial charge in [-0.15, -0.1) is 10.2 Å². The molecule has 0 spiro atoms. The van der Waals surface area contributed by atoms with Crippen molar-refractivity contribution in [1.82, 2.24) is 46.1 Å². The van der Waals surface area contributed by atoms with Gasteiger partial charge in [0.1, 0.15) is 12.4 Å². The van der Waals surface area contributed by atoms with Crippen molar-refractivity contribution >= 4 is 35.2 Å². The van der Waals surface area contributed by atoms with Gasteiger partial charge in [-0.2, -0.15) is 4.68 Å². The maximum Gasteiger partial charge on any atom is 0.247 e. The number of carbonyl (C=O) groups is 2. The van der Waals surface area contributed by atoms with Crippen LogP contribution >= 0.6 is 11.6 Å². The van der Waals surface area contributed by atoms with Crippen LogP contribution < -0.4 is 10.6 Å². The van der Waals surface area contributed by atoms with E-state index in [1.165, 1.54) is 17.1 Å². The molecule has 39 heavy (non-hydrogen) atoms. The van der Waals surface area contributed by atoms with E-state index in [-0.39, 0.29) is 5.91 Å². The first kappa shape index (κ1) is 25.4. The summed E-state index contributed by atoms with van der Waals surface area (Å²) in [5.41, 5.74) is 3.47. The van der Waals surface area contributed by atoms with Crippen LogP contribution in [0.4, 0.5) is 5.69 Å². The zero-order chi connectivity index (χ0) is 27.0. The average Bonchev–Trinajstić information content (AvgIpc) is 3.68. The van der Waals surface area contributed by atoms with Gasteiger partial charge in [0.15, 0.2) is 5.82 Å². The Morgan fingerprint density at radius 1 is 1.03 bits per heavy atom. The molecule has 3 aromatic carbocycles. The molecule has 2 heterocycles. The molecule has 194 valence electrons. The molecule has 3 N–H and O–H groups in total. The highest BCUT2D eigenvalue weighted by Gasteiger charge is 2.21. The fourth-order valence-electron chi connectivity index (χ4n) is 3.81. The van der Waals surface area contributed by atoms with Gasteiger partial charge >= 0.3 is 0 Å². The smallest absolute Gasteiger partial charge is 0.247 e. The van der Waals surface area contributed by atoms with Crippen LogP contribution in [-0.2, 0) is 16.0 Å². The molecule has 0 aliphatic rings. The molecule has 2 amide bonds. The summed E-state index contributed by atoms with van der Waals surface area (Å²) in [5, 5.41) is 31.0. The molecule has 2 aromatic heterocycles. The van der Waals surface area contributed by atoms with Crippen molar-refractivity contribution in [2.24, 2.45) is 0 Å². The highest BCUT2D eigenvalue weighted by atomic mass is 35.5. The molecule has 0 radical (unpaired) electrons. The van der Waals surface area contributed by atoms with Gasteiger partial charge in [-0.1, -0.05) is 41.9 Å². The van der Waals surface area contributed by atoms with E-state index in [0.717, 1.165) is 11.1 Å². The second kappa shape index (κ2) is 11.9. The fraction of sp³-hybridized carbons (Fsp3) is 0.0769. The lowest BCUT2D eigenvalue weighted by molar-refractivity contribution is -0.123. The molecule has 5 rings (SSSR count). The maximum absolute atomic E-state index is 13.3. The number of amides is 2. The van der Waals surface area contributed by atoms with E-state index in [2.05, 4.69) is 46.8 Å². The fourth-order valence-corrected chi connectivity index (χ4v) is 3.99. The average molecular weight is 541 g/mol. The van der Waals surface area contributed by atoms with Gasteiger partial charge in [0.05, 0.1) is 5.69 Å². The van der Waals surface area contributed by atoms with Gasteiger partial charge in [0, 0.05) is 34.3 Å². The number of tetrazole rings is 2. The maximum atomic E-state index is 13.3. The lowest BCUT2D eigenvalue weighted by atomic mass is 10.0. The Hall–Kier alpha value is -5.23. The van der Waals surface area contributed by atoms with Crippen LogP contribution in [0.3, 0.4) is 0 Å². The van der Waals surface area contributed by atoms with Crippen molar-refractivity contribution in [3.63, 3.8) is 0 Å². The number of nitrogens with one attached hydrogen (secondary N) is 3. The van der Waals surface area contributed by atoms with Crippen LogP contribution in [0.1, 0.15) is 11.1 Å². The van der Waals surface area contributed by atoms with Crippen LogP contribution in [0, 0.1) is 0 Å². The third kappa shape index (κ3) is 6.56. The first-order valence-corrected chi connectivity index (χ1v) is 12.1. The highest BCUT2D eigenvalue weighted by molar-refractivity contribution is 6.30. The summed E-state index contributed by atoms with van der Waals surface area (Å²) in [4.78, 5) is 26.2. The van der Waals surface area contributed by atoms with Crippen molar-refractivity contribution in [3.8, 4) is 17.1 Å². The van der Waals surface area contributed by atoms with Gasteiger partial charge in [-0.25, -0.2) is 5.10 Å². The normalized spacial score (nSPS) is 11.8. The molecule has 0 aliphatic carbocycles. The van der Waals surface area contributed by atoms with E-state index in [9.17, 15) is 9.59 Å². The van der Waals surface area contributed by atoms with Gasteiger partial charge in [-0.3, -0.25) is 9.59 Å². The minimum absolute atomic E-state index is 0.293. The molecule has 0 saturated heterocycles. The van der Waals surface area contributed by atoms with Crippen molar-refractivity contribution < 1.29 is 9.59 Å². The number of halogens is 1. The number of H-pyrrole nitrogens is 1. The summed E-state index contributed by atoms with van der Waals surface area (Å²) in [6.07, 6.45) is 4.66. The summed E-state index contributed by atoms with van der Waals surface area (Å²) in [5.74, 6) is -0.314. The Kier molecular flexibility index (Phi) is 7.74. The molecular formula is C26H21ClN10O2. The number of hydrogen-bond donors (Lipinski definition) is 3. The summed E-state index contributed by atoms with van der Waals surface area (Å²) < 4.78 is 1.46. The Labute approximate surface area is 227 Å². The first-order chi connectivity index (χ1) is 19.0. The van der Waals surface area contributed by atoms with E-state index < -0.39 is 11.9 Å². The zero-order valence-corrected chi connectivity index (χ0v) is 21.0. The number of nitrogens with zero attached hydrogens (tertiary/aromatic N) is 7. The number of carbonyl (C=O) groups excluding carboxylic acids is 2. The second-order valence-electron chi connectivity index (χ2n) is 8.36. The third-order valence-corrected chi connectivity index (χ3v) is 5.92. The monoisotopic (exact) mass is 540 g/mol. The number of aromatic amines is 1. The molecule has 0 aliphatic heterocycles. The quantitative estimate of drug-likeness (QED) is 0.241. The van der Waals surface area contributed by atoms with Gasteiger partial charge in [-0.05, 0) is 75.0 Å². The number of hydrogen-bond acceptors (Lipinski definition) is 8. The van der Waals surface area contributed by atoms with Crippen molar-refractivity contribution in [2.75, 3.05) is 5.32 Å². The molecule has 0 bridgehead atoms. The highest BCUT2D eigenvalue weighted by Crippen LogP contribution is 2.20. The molecule has 12 nitrogen and oxygen atoms in total. The molecule has 0 fully saturated rings. The summed E-state index contributed by atoms with van der Waals surface area (Å²) in [7, 11) is 0. The minimum Gasteiger partial charge on any atom is -0.340 e. The predicted octanol–water partition coefficient (Wildman–Crippen LogP) is 2.88. The van der Waals surface area contributed by atoms with E-state index >= 15 is 0 Å². The topological polar surface area (TPSA) is 156 Å². The van der Waals surface area contributed by atoms with E-state index in [0.29, 0.717) is 34.2 Å². The van der Waals surface area contributed by atoms with E-state index in [1.54, 1.807) is 48.5 Å². The number of aromatic nitrogens is 8. The van der Waals surface area contributed by atoms with E-state index in [1.807, 2.05) is 30.3 Å². The molecule has 13 heteroatoms. The van der Waals surface area contributed by atoms with Crippen LogP contribution in [0.5, 0.6) is 0 Å². The SMILES string of the molecule is O=C(/C=C/c1cc(Cl)ccc1-n1cnnn1)N[C@@H](Cc1ccccc1)C(=O)Nc1ccc(-c2nnn[nH]2)cc1. The molecule has 5 aromatic rings. The summed E-state index contributed by atoms with van der Waals surface area (Å²) >= 11 is 6.17. The number of benzene rings is 3. The lowest BCUT2D eigenvalue weighted by Gasteiger charge is -2.18. The number of rotatable bonds is 9. The first-order valence-electron chi connectivity index (χ1n) is 11.8. The van der Waals surface area contributed by atoms with Gasteiger partial charge in [0.25, 0.3) is 0 Å². The van der Waals surface area contributed by atoms with Crippen molar-refractivity contribution in [2.45, 2.75) is 12.5 Å². The Morgan fingerprint density at radius 2 is 1.85 bits per heavy atom. The predicted molar refractivity (Wildman–Crippen MR) is 144 cm³/mol.